The third kappa shape index (κ3) is 1.81. The van der Waals surface area contributed by atoms with E-state index in [-0.39, 0.29) is 6.10 Å². The van der Waals surface area contributed by atoms with Gasteiger partial charge in [0.25, 0.3) is 0 Å². The molecular formula is C10H14O. The number of hydrogen-bond donors (Lipinski definition) is 1. The molecule has 0 aliphatic rings. The molecule has 1 N–H and O–H groups in total. The highest BCUT2D eigenvalue weighted by Crippen LogP contribution is 2.17. The van der Waals surface area contributed by atoms with Crippen molar-refractivity contribution in [2.45, 2.75) is 26.4 Å². The maximum absolute atomic E-state index is 9.34. The molecule has 0 heterocycles. The van der Waals surface area contributed by atoms with Gasteiger partial charge in [0, 0.05) is 0 Å². The predicted molar refractivity (Wildman–Crippen MR) is 46.5 cm³/mol. The Kier molecular flexibility index (Phi) is 2.66. The van der Waals surface area contributed by atoms with E-state index in [4.69, 9.17) is 0 Å². The largest absolute Gasteiger partial charge is 0.389 e. The fourth-order valence-corrected chi connectivity index (χ4v) is 1.26. The van der Waals surface area contributed by atoms with E-state index in [0.29, 0.717) is 0 Å². The summed E-state index contributed by atoms with van der Waals surface area (Å²) < 4.78 is 0. The predicted octanol–water partition coefficient (Wildman–Crippen LogP) is 2.30. The van der Waals surface area contributed by atoms with E-state index in [1.54, 1.807) is 6.92 Å². The van der Waals surface area contributed by atoms with E-state index in [0.717, 1.165) is 12.0 Å². The summed E-state index contributed by atoms with van der Waals surface area (Å²) >= 11 is 0. The molecule has 1 aromatic rings. The van der Waals surface area contributed by atoms with Crippen molar-refractivity contribution in [3.05, 3.63) is 35.4 Å². The molecule has 0 radical (unpaired) electrons. The lowest BCUT2D eigenvalue weighted by Crippen LogP contribution is -1.96. The zero-order valence-electron chi connectivity index (χ0n) is 7.04. The molecule has 0 aromatic heterocycles. The summed E-state index contributed by atoms with van der Waals surface area (Å²) in [5.74, 6) is 0. The summed E-state index contributed by atoms with van der Waals surface area (Å²) in [4.78, 5) is 0. The number of rotatable bonds is 2. The first-order valence-electron chi connectivity index (χ1n) is 4.01. The molecule has 1 heteroatoms. The van der Waals surface area contributed by atoms with E-state index >= 15 is 0 Å². The van der Waals surface area contributed by atoms with Crippen LogP contribution in [0, 0.1) is 0 Å². The van der Waals surface area contributed by atoms with Crippen LogP contribution in [0.5, 0.6) is 0 Å². The third-order valence-corrected chi connectivity index (χ3v) is 1.89. The summed E-state index contributed by atoms with van der Waals surface area (Å²) in [6.07, 6.45) is 0.646. The smallest absolute Gasteiger partial charge is 0.0764 e. The van der Waals surface area contributed by atoms with E-state index in [1.165, 1.54) is 5.56 Å². The molecule has 0 saturated carbocycles. The molecule has 1 nitrogen and oxygen atoms in total. The lowest BCUT2D eigenvalue weighted by molar-refractivity contribution is 0.198. The minimum Gasteiger partial charge on any atom is -0.389 e. The lowest BCUT2D eigenvalue weighted by atomic mass is 10.0. The molecule has 0 bridgehead atoms. The topological polar surface area (TPSA) is 20.2 Å². The Morgan fingerprint density at radius 2 is 2.00 bits per heavy atom. The minimum atomic E-state index is -0.342. The second-order valence-electron chi connectivity index (χ2n) is 2.73. The van der Waals surface area contributed by atoms with Gasteiger partial charge in [-0.2, -0.15) is 0 Å². The summed E-state index contributed by atoms with van der Waals surface area (Å²) in [5.41, 5.74) is 2.29. The van der Waals surface area contributed by atoms with Crippen molar-refractivity contribution in [2.24, 2.45) is 0 Å². The lowest BCUT2D eigenvalue weighted by Gasteiger charge is -2.09. The fraction of sp³-hybridized carbons (Fsp3) is 0.400. The average molecular weight is 150 g/mol. The number of aliphatic hydroxyl groups excluding tert-OH is 1. The van der Waals surface area contributed by atoms with Gasteiger partial charge in [-0.25, -0.2) is 0 Å². The highest BCUT2D eigenvalue weighted by atomic mass is 16.3. The van der Waals surface area contributed by atoms with Crippen LogP contribution in [0.3, 0.4) is 0 Å². The highest BCUT2D eigenvalue weighted by Gasteiger charge is 2.03. The third-order valence-electron chi connectivity index (χ3n) is 1.89. The van der Waals surface area contributed by atoms with Crippen molar-refractivity contribution in [1.29, 1.82) is 0 Å². The van der Waals surface area contributed by atoms with Crippen molar-refractivity contribution >= 4 is 0 Å². The Morgan fingerprint density at radius 3 is 2.45 bits per heavy atom. The number of aryl methyl sites for hydroxylation is 1. The van der Waals surface area contributed by atoms with E-state index in [1.807, 2.05) is 18.2 Å². The van der Waals surface area contributed by atoms with Gasteiger partial charge in [-0.15, -0.1) is 0 Å². The van der Waals surface area contributed by atoms with Crippen LogP contribution in [0.15, 0.2) is 24.3 Å². The van der Waals surface area contributed by atoms with Gasteiger partial charge >= 0.3 is 0 Å². The van der Waals surface area contributed by atoms with Crippen LogP contribution in [0.4, 0.5) is 0 Å². The van der Waals surface area contributed by atoms with E-state index in [9.17, 15) is 5.11 Å². The van der Waals surface area contributed by atoms with Crippen LogP contribution >= 0.6 is 0 Å². The first-order chi connectivity index (χ1) is 5.25. The summed E-state index contributed by atoms with van der Waals surface area (Å²) in [7, 11) is 0. The van der Waals surface area contributed by atoms with Gasteiger partial charge in [-0.3, -0.25) is 0 Å². The zero-order chi connectivity index (χ0) is 8.27. The Balaban J connectivity index is 3.02. The van der Waals surface area contributed by atoms with Crippen LogP contribution in [0.1, 0.15) is 31.1 Å². The molecule has 1 unspecified atom stereocenters. The van der Waals surface area contributed by atoms with Crippen LogP contribution in [0.2, 0.25) is 0 Å². The molecular weight excluding hydrogens is 136 g/mol. The van der Waals surface area contributed by atoms with Crippen molar-refractivity contribution in [3.63, 3.8) is 0 Å². The van der Waals surface area contributed by atoms with Gasteiger partial charge < -0.3 is 5.11 Å². The molecule has 60 valence electrons. The van der Waals surface area contributed by atoms with Crippen LogP contribution in [0.25, 0.3) is 0 Å². The second-order valence-corrected chi connectivity index (χ2v) is 2.73. The van der Waals surface area contributed by atoms with Gasteiger partial charge in [0.05, 0.1) is 6.10 Å². The fourth-order valence-electron chi connectivity index (χ4n) is 1.26. The molecule has 0 saturated heterocycles. The summed E-state index contributed by atoms with van der Waals surface area (Å²) in [6.45, 7) is 3.90. The monoisotopic (exact) mass is 150 g/mol. The van der Waals surface area contributed by atoms with Gasteiger partial charge in [-0.1, -0.05) is 31.2 Å². The van der Waals surface area contributed by atoms with Crippen molar-refractivity contribution in [2.75, 3.05) is 0 Å². The summed E-state index contributed by atoms with van der Waals surface area (Å²) in [5, 5.41) is 9.34. The van der Waals surface area contributed by atoms with E-state index in [2.05, 4.69) is 13.0 Å². The normalized spacial score (nSPS) is 13.0. The summed E-state index contributed by atoms with van der Waals surface area (Å²) in [6, 6.07) is 8.00. The molecule has 1 atom stereocenters. The number of benzene rings is 1. The molecule has 0 aliphatic carbocycles. The zero-order valence-corrected chi connectivity index (χ0v) is 7.04. The quantitative estimate of drug-likeness (QED) is 0.685. The molecule has 0 amide bonds. The van der Waals surface area contributed by atoms with E-state index < -0.39 is 0 Å². The molecule has 0 aliphatic heterocycles. The average Bonchev–Trinajstić information content (AvgIpc) is 2.04. The highest BCUT2D eigenvalue weighted by molar-refractivity contribution is 5.28. The minimum absolute atomic E-state index is 0.342. The molecule has 0 spiro atoms. The van der Waals surface area contributed by atoms with Crippen LogP contribution in [-0.2, 0) is 6.42 Å². The molecule has 11 heavy (non-hydrogen) atoms. The van der Waals surface area contributed by atoms with Gasteiger partial charge in [0.15, 0.2) is 0 Å². The van der Waals surface area contributed by atoms with Crippen LogP contribution in [-0.4, -0.2) is 5.11 Å². The Bertz CT molecular complexity index is 228. The van der Waals surface area contributed by atoms with Gasteiger partial charge in [0.1, 0.15) is 0 Å². The van der Waals surface area contributed by atoms with Crippen molar-refractivity contribution in [1.82, 2.24) is 0 Å². The van der Waals surface area contributed by atoms with Crippen molar-refractivity contribution < 1.29 is 5.11 Å². The first-order valence-corrected chi connectivity index (χ1v) is 4.01. The Morgan fingerprint density at radius 1 is 1.36 bits per heavy atom. The SMILES string of the molecule is CCc1ccccc1C(C)O. The first kappa shape index (κ1) is 8.28. The Labute approximate surface area is 67.7 Å². The van der Waals surface area contributed by atoms with Crippen molar-refractivity contribution in [3.8, 4) is 0 Å². The molecule has 1 rings (SSSR count). The van der Waals surface area contributed by atoms with Crippen LogP contribution < -0.4 is 0 Å². The van der Waals surface area contributed by atoms with Gasteiger partial charge in [0.2, 0.25) is 0 Å². The molecule has 0 fully saturated rings. The Hall–Kier alpha value is -0.820. The molecule has 1 aromatic carbocycles. The van der Waals surface area contributed by atoms with Gasteiger partial charge in [-0.05, 0) is 24.5 Å². The maximum atomic E-state index is 9.34. The maximum Gasteiger partial charge on any atom is 0.0764 e. The number of hydrogen-bond acceptors (Lipinski definition) is 1. The standard InChI is InChI=1S/C10H14O/c1-3-9-6-4-5-7-10(9)8(2)11/h4-8,11H,3H2,1-2H3. The number of aliphatic hydroxyl groups is 1. The second kappa shape index (κ2) is 3.54.